The lowest BCUT2D eigenvalue weighted by Gasteiger charge is -2.28. The van der Waals surface area contributed by atoms with E-state index in [1.807, 2.05) is 49.0 Å². The number of amides is 1. The summed E-state index contributed by atoms with van der Waals surface area (Å²) in [5, 5.41) is 32.2. The van der Waals surface area contributed by atoms with E-state index < -0.39 is 6.10 Å². The molecule has 3 aromatic heterocycles. The van der Waals surface area contributed by atoms with Gasteiger partial charge < -0.3 is 14.5 Å². The number of likely N-dealkylation sites (tertiary alicyclic amines) is 1. The molecule has 1 atom stereocenters. The molecule has 1 aliphatic rings. The number of carbonyl (C=O) groups excluding carboxylic acids is 1. The van der Waals surface area contributed by atoms with Crippen molar-refractivity contribution in [2.45, 2.75) is 38.8 Å². The minimum absolute atomic E-state index is 0.116. The molecule has 1 aromatic carbocycles. The Morgan fingerprint density at radius 3 is 2.64 bits per heavy atom. The lowest BCUT2D eigenvalue weighted by Crippen LogP contribution is -2.31. The van der Waals surface area contributed by atoms with Crippen molar-refractivity contribution in [3.63, 3.8) is 0 Å². The first-order valence-electron chi connectivity index (χ1n) is 12.8. The molecule has 4 aromatic rings. The Balaban J connectivity index is 1.53. The van der Waals surface area contributed by atoms with Crippen LogP contribution < -0.4 is 4.74 Å². The number of rotatable bonds is 6. The molecule has 11 heteroatoms. The van der Waals surface area contributed by atoms with Crippen LogP contribution in [0.25, 0.3) is 16.8 Å². The van der Waals surface area contributed by atoms with Crippen LogP contribution in [0, 0.1) is 29.7 Å². The summed E-state index contributed by atoms with van der Waals surface area (Å²) in [6.45, 7) is 5.24. The van der Waals surface area contributed by atoms with Crippen molar-refractivity contribution < 1.29 is 9.53 Å². The summed E-state index contributed by atoms with van der Waals surface area (Å²) in [5.74, 6) is 0.340. The van der Waals surface area contributed by atoms with Crippen LogP contribution >= 0.6 is 0 Å². The molecule has 1 unspecified atom stereocenters. The van der Waals surface area contributed by atoms with E-state index in [1.165, 1.54) is 11.1 Å². The van der Waals surface area contributed by atoms with E-state index in [0.717, 1.165) is 29.7 Å². The fourth-order valence-electron chi connectivity index (χ4n) is 5.09. The zero-order valence-corrected chi connectivity index (χ0v) is 22.4. The van der Waals surface area contributed by atoms with Crippen LogP contribution in [0.15, 0.2) is 42.7 Å². The van der Waals surface area contributed by atoms with Crippen LogP contribution in [0.5, 0.6) is 5.75 Å². The van der Waals surface area contributed by atoms with E-state index in [9.17, 15) is 15.3 Å². The number of aromatic nitrogens is 5. The van der Waals surface area contributed by atoms with Gasteiger partial charge in [0.15, 0.2) is 6.19 Å². The molecule has 4 heterocycles. The zero-order valence-electron chi connectivity index (χ0n) is 22.4. The van der Waals surface area contributed by atoms with Gasteiger partial charge in [0.05, 0.1) is 17.9 Å². The van der Waals surface area contributed by atoms with Crippen molar-refractivity contribution in [2.24, 2.45) is 0 Å². The SMILES string of the molecule is Cc1c(-c2cc(OC(C)c3ccccc3C(=O)N(C)C)c3c(C#N)cnn3c2)nnn1C1CCN(C#N)CC1. The quantitative estimate of drug-likeness (QED) is 0.350. The van der Waals surface area contributed by atoms with Gasteiger partial charge in [0, 0.05) is 50.1 Å². The van der Waals surface area contributed by atoms with E-state index in [2.05, 4.69) is 27.7 Å². The number of nitrogens with zero attached hydrogens (tertiary/aromatic N) is 9. The molecule has 0 radical (unpaired) electrons. The van der Waals surface area contributed by atoms with Crippen molar-refractivity contribution in [2.75, 3.05) is 27.2 Å². The third-order valence-electron chi connectivity index (χ3n) is 7.19. The summed E-state index contributed by atoms with van der Waals surface area (Å²) in [4.78, 5) is 16.1. The van der Waals surface area contributed by atoms with Crippen LogP contribution in [-0.2, 0) is 0 Å². The summed E-state index contributed by atoms with van der Waals surface area (Å²) in [5.41, 5.74) is 4.55. The van der Waals surface area contributed by atoms with Gasteiger partial charge in [-0.05, 0) is 38.8 Å². The summed E-state index contributed by atoms with van der Waals surface area (Å²) in [6.07, 6.45) is 6.68. The topological polar surface area (TPSA) is 128 Å². The molecule has 0 saturated carbocycles. The van der Waals surface area contributed by atoms with Gasteiger partial charge in [-0.25, -0.2) is 9.20 Å². The van der Waals surface area contributed by atoms with Crippen molar-refractivity contribution in [1.82, 2.24) is 34.4 Å². The summed E-state index contributed by atoms with van der Waals surface area (Å²) >= 11 is 0. The summed E-state index contributed by atoms with van der Waals surface area (Å²) < 4.78 is 10.0. The number of ether oxygens (including phenoxy) is 1. The van der Waals surface area contributed by atoms with Gasteiger partial charge in [0.25, 0.3) is 5.91 Å². The Hall–Kier alpha value is -4.90. The molecule has 11 nitrogen and oxygen atoms in total. The first kappa shape index (κ1) is 25.7. The molecule has 1 fully saturated rings. The molecular weight excluding hydrogens is 494 g/mol. The fraction of sp³-hybridized carbons (Fsp3) is 0.357. The van der Waals surface area contributed by atoms with Crippen molar-refractivity contribution in [3.05, 3.63) is 65.1 Å². The van der Waals surface area contributed by atoms with E-state index in [1.54, 1.807) is 29.6 Å². The van der Waals surface area contributed by atoms with E-state index in [0.29, 0.717) is 41.2 Å². The smallest absolute Gasteiger partial charge is 0.253 e. The number of pyridine rings is 1. The van der Waals surface area contributed by atoms with Crippen LogP contribution in [0.1, 0.15) is 59.1 Å². The zero-order chi connectivity index (χ0) is 27.7. The second kappa shape index (κ2) is 10.5. The Kier molecular flexibility index (Phi) is 6.90. The molecular formula is C28H29N9O2. The van der Waals surface area contributed by atoms with Gasteiger partial charge in [-0.2, -0.15) is 15.6 Å². The van der Waals surface area contributed by atoms with Gasteiger partial charge in [-0.1, -0.05) is 23.4 Å². The maximum atomic E-state index is 12.8. The third-order valence-corrected chi connectivity index (χ3v) is 7.19. The molecule has 0 spiro atoms. The molecule has 39 heavy (non-hydrogen) atoms. The van der Waals surface area contributed by atoms with Gasteiger partial charge in [0.1, 0.15) is 34.7 Å². The highest BCUT2D eigenvalue weighted by atomic mass is 16.5. The molecule has 1 saturated heterocycles. The molecule has 198 valence electrons. The van der Waals surface area contributed by atoms with Crippen molar-refractivity contribution >= 4 is 11.4 Å². The maximum Gasteiger partial charge on any atom is 0.253 e. The normalized spacial score (nSPS) is 14.6. The highest BCUT2D eigenvalue weighted by Gasteiger charge is 2.25. The second-order valence-electron chi connectivity index (χ2n) is 9.89. The van der Waals surface area contributed by atoms with Crippen LogP contribution in [0.4, 0.5) is 0 Å². The Labute approximate surface area is 226 Å². The molecule has 1 amide bonds. The minimum Gasteiger partial charge on any atom is -0.484 e. The molecule has 5 rings (SSSR count). The fourth-order valence-corrected chi connectivity index (χ4v) is 5.09. The number of hydrogen-bond acceptors (Lipinski definition) is 8. The van der Waals surface area contributed by atoms with Gasteiger partial charge >= 0.3 is 0 Å². The molecule has 0 bridgehead atoms. The van der Waals surface area contributed by atoms with E-state index in [-0.39, 0.29) is 11.9 Å². The Bertz CT molecular complexity index is 1610. The van der Waals surface area contributed by atoms with Gasteiger partial charge in [0.2, 0.25) is 0 Å². The first-order chi connectivity index (χ1) is 18.8. The van der Waals surface area contributed by atoms with E-state index >= 15 is 0 Å². The third kappa shape index (κ3) is 4.75. The lowest BCUT2D eigenvalue weighted by atomic mass is 10.0. The predicted molar refractivity (Wildman–Crippen MR) is 143 cm³/mol. The van der Waals surface area contributed by atoms with Crippen LogP contribution in [0.3, 0.4) is 0 Å². The highest BCUT2D eigenvalue weighted by molar-refractivity contribution is 5.95. The van der Waals surface area contributed by atoms with Crippen molar-refractivity contribution in [1.29, 1.82) is 10.5 Å². The molecule has 0 aliphatic carbocycles. The average molecular weight is 524 g/mol. The monoisotopic (exact) mass is 523 g/mol. The lowest BCUT2D eigenvalue weighted by molar-refractivity contribution is 0.0822. The van der Waals surface area contributed by atoms with Crippen LogP contribution in [0.2, 0.25) is 0 Å². The van der Waals surface area contributed by atoms with Crippen molar-refractivity contribution in [3.8, 4) is 29.3 Å². The maximum absolute atomic E-state index is 12.8. The average Bonchev–Trinajstić information content (AvgIpc) is 3.55. The largest absolute Gasteiger partial charge is 0.484 e. The number of benzene rings is 1. The minimum atomic E-state index is -0.493. The first-order valence-corrected chi connectivity index (χ1v) is 12.8. The highest BCUT2D eigenvalue weighted by Crippen LogP contribution is 2.35. The summed E-state index contributed by atoms with van der Waals surface area (Å²) in [6, 6.07) is 11.6. The number of piperidine rings is 1. The van der Waals surface area contributed by atoms with Gasteiger partial charge in [-0.3, -0.25) is 4.79 Å². The standard InChI is InChI=1S/C28H29N9O2/c1-18-26(32-33-37(18)22-9-11-35(17-30)12-10-22)20-13-25(27-21(14-29)15-31-36(27)16-20)39-19(2)23-7-5-6-8-24(23)28(38)34(3)4/h5-8,13,15-16,19,22H,9-12H2,1-4H3. The number of hydrogen-bond donors (Lipinski definition) is 0. The van der Waals surface area contributed by atoms with Crippen LogP contribution in [-0.4, -0.2) is 67.5 Å². The molecule has 0 N–H and O–H groups in total. The van der Waals surface area contributed by atoms with E-state index in [4.69, 9.17) is 4.74 Å². The number of fused-ring (bicyclic) bond motifs is 1. The second-order valence-corrected chi connectivity index (χ2v) is 9.89. The number of nitriles is 2. The number of carbonyl (C=O) groups is 1. The Morgan fingerprint density at radius 2 is 1.95 bits per heavy atom. The summed E-state index contributed by atoms with van der Waals surface area (Å²) in [7, 11) is 3.43. The predicted octanol–water partition coefficient (Wildman–Crippen LogP) is 3.73. The van der Waals surface area contributed by atoms with Gasteiger partial charge in [-0.15, -0.1) is 5.10 Å². The Morgan fingerprint density at radius 1 is 1.21 bits per heavy atom. The molecule has 1 aliphatic heterocycles.